The molecular formula is C17H19N3. The van der Waals surface area contributed by atoms with Gasteiger partial charge in [0.05, 0.1) is 17.9 Å². The topological polar surface area (TPSA) is 54.7 Å². The van der Waals surface area contributed by atoms with Crippen molar-refractivity contribution >= 4 is 10.8 Å². The Morgan fingerprint density at radius 1 is 1.05 bits per heavy atom. The molecule has 1 heterocycles. The van der Waals surface area contributed by atoms with Crippen LogP contribution in [0.4, 0.5) is 0 Å². The van der Waals surface area contributed by atoms with Gasteiger partial charge in [-0.05, 0) is 22.8 Å². The lowest BCUT2D eigenvalue weighted by Gasteiger charge is -2.12. The minimum absolute atomic E-state index is 0.0517. The number of hydrogen-bond donors (Lipinski definition) is 2. The number of nitrogens with zero attached hydrogens (tertiary/aromatic N) is 1. The molecule has 0 aliphatic carbocycles. The van der Waals surface area contributed by atoms with Crippen molar-refractivity contribution in [1.29, 1.82) is 0 Å². The molecule has 102 valence electrons. The van der Waals surface area contributed by atoms with Gasteiger partial charge >= 0.3 is 0 Å². The molecule has 3 heteroatoms. The fourth-order valence-electron chi connectivity index (χ4n) is 2.33. The molecule has 3 N–H and O–H groups in total. The van der Waals surface area contributed by atoms with Gasteiger partial charge in [-0.15, -0.1) is 0 Å². The van der Waals surface area contributed by atoms with E-state index in [9.17, 15) is 0 Å². The lowest BCUT2D eigenvalue weighted by molar-refractivity contribution is 0.494. The maximum atomic E-state index is 6.13. The van der Waals surface area contributed by atoms with Crippen molar-refractivity contribution in [2.45, 2.75) is 19.9 Å². The number of benzene rings is 2. The number of hydrogen-bond acceptors (Lipinski definition) is 2. The van der Waals surface area contributed by atoms with Gasteiger partial charge in [0.2, 0.25) is 0 Å². The van der Waals surface area contributed by atoms with E-state index in [2.05, 4.69) is 66.3 Å². The highest BCUT2D eigenvalue weighted by Gasteiger charge is 2.14. The van der Waals surface area contributed by atoms with E-state index < -0.39 is 0 Å². The van der Waals surface area contributed by atoms with Crippen LogP contribution in [0.5, 0.6) is 0 Å². The van der Waals surface area contributed by atoms with Crippen molar-refractivity contribution in [3.63, 3.8) is 0 Å². The second-order valence-corrected chi connectivity index (χ2v) is 5.51. The summed E-state index contributed by atoms with van der Waals surface area (Å²) >= 11 is 0. The van der Waals surface area contributed by atoms with Crippen LogP contribution in [-0.4, -0.2) is 9.97 Å². The first-order valence-electron chi connectivity index (χ1n) is 6.95. The lowest BCUT2D eigenvalue weighted by Crippen LogP contribution is -2.18. The summed E-state index contributed by atoms with van der Waals surface area (Å²) in [6.45, 7) is 4.20. The van der Waals surface area contributed by atoms with Crippen LogP contribution in [0.3, 0.4) is 0 Å². The fraction of sp³-hybridized carbons (Fsp3) is 0.235. The van der Waals surface area contributed by atoms with E-state index in [-0.39, 0.29) is 6.04 Å². The number of aromatic nitrogens is 2. The second kappa shape index (κ2) is 5.10. The summed E-state index contributed by atoms with van der Waals surface area (Å²) < 4.78 is 0. The van der Waals surface area contributed by atoms with E-state index in [1.807, 2.05) is 6.20 Å². The van der Waals surface area contributed by atoms with Gasteiger partial charge in [-0.2, -0.15) is 0 Å². The monoisotopic (exact) mass is 265 g/mol. The van der Waals surface area contributed by atoms with Crippen molar-refractivity contribution in [2.24, 2.45) is 11.7 Å². The highest BCUT2D eigenvalue weighted by Crippen LogP contribution is 2.25. The first-order valence-corrected chi connectivity index (χ1v) is 6.95. The zero-order chi connectivity index (χ0) is 14.1. The molecule has 0 saturated carbocycles. The summed E-state index contributed by atoms with van der Waals surface area (Å²) in [4.78, 5) is 7.75. The summed E-state index contributed by atoms with van der Waals surface area (Å²) in [5.74, 6) is 1.22. The fourth-order valence-corrected chi connectivity index (χ4v) is 2.33. The quantitative estimate of drug-likeness (QED) is 0.755. The highest BCUT2D eigenvalue weighted by molar-refractivity contribution is 5.86. The largest absolute Gasteiger partial charge is 0.341 e. The molecule has 20 heavy (non-hydrogen) atoms. The molecule has 0 saturated heterocycles. The number of imidazole rings is 1. The molecule has 0 bridgehead atoms. The van der Waals surface area contributed by atoms with Crippen molar-refractivity contribution in [1.82, 2.24) is 9.97 Å². The van der Waals surface area contributed by atoms with Crippen LogP contribution in [0, 0.1) is 5.92 Å². The van der Waals surface area contributed by atoms with E-state index in [1.165, 1.54) is 10.8 Å². The molecule has 0 aliphatic rings. The molecule has 1 aromatic heterocycles. The molecule has 0 amide bonds. The van der Waals surface area contributed by atoms with E-state index in [0.717, 1.165) is 17.1 Å². The Morgan fingerprint density at radius 2 is 1.80 bits per heavy atom. The summed E-state index contributed by atoms with van der Waals surface area (Å²) in [5, 5.41) is 2.48. The van der Waals surface area contributed by atoms with Gasteiger partial charge in [-0.25, -0.2) is 4.98 Å². The third kappa shape index (κ3) is 2.32. The Morgan fingerprint density at radius 3 is 2.55 bits per heavy atom. The molecule has 0 spiro atoms. The van der Waals surface area contributed by atoms with Crippen molar-refractivity contribution in [2.75, 3.05) is 0 Å². The zero-order valence-electron chi connectivity index (χ0n) is 11.8. The maximum absolute atomic E-state index is 6.13. The standard InChI is InChI=1S/C17H19N3/c1-11(2)16(18)17-19-10-15(20-17)14-8-7-12-5-3-4-6-13(12)9-14/h3-11,16H,18H2,1-2H3,(H,19,20). The first kappa shape index (κ1) is 12.9. The van der Waals surface area contributed by atoms with Crippen LogP contribution in [0.1, 0.15) is 25.7 Å². The van der Waals surface area contributed by atoms with Crippen LogP contribution < -0.4 is 5.73 Å². The van der Waals surface area contributed by atoms with E-state index in [0.29, 0.717) is 5.92 Å². The maximum Gasteiger partial charge on any atom is 0.123 e. The lowest BCUT2D eigenvalue weighted by atomic mass is 10.0. The minimum atomic E-state index is -0.0517. The van der Waals surface area contributed by atoms with Crippen LogP contribution in [0.25, 0.3) is 22.0 Å². The Balaban J connectivity index is 1.99. The van der Waals surface area contributed by atoms with Crippen molar-refractivity contribution in [3.05, 3.63) is 54.5 Å². The smallest absolute Gasteiger partial charge is 0.123 e. The molecular weight excluding hydrogens is 246 g/mol. The number of fused-ring (bicyclic) bond motifs is 1. The Labute approximate surface area is 118 Å². The summed E-state index contributed by atoms with van der Waals surface area (Å²) in [7, 11) is 0. The van der Waals surface area contributed by atoms with Crippen LogP contribution in [0.15, 0.2) is 48.7 Å². The molecule has 2 aromatic carbocycles. The molecule has 0 radical (unpaired) electrons. The van der Waals surface area contributed by atoms with Gasteiger partial charge in [-0.3, -0.25) is 0 Å². The first-order chi connectivity index (χ1) is 9.65. The van der Waals surface area contributed by atoms with Crippen molar-refractivity contribution in [3.8, 4) is 11.3 Å². The zero-order valence-corrected chi connectivity index (χ0v) is 11.8. The third-order valence-corrected chi connectivity index (χ3v) is 3.69. The third-order valence-electron chi connectivity index (χ3n) is 3.69. The number of rotatable bonds is 3. The van der Waals surface area contributed by atoms with Gasteiger partial charge in [0.25, 0.3) is 0 Å². The molecule has 3 aromatic rings. The van der Waals surface area contributed by atoms with E-state index >= 15 is 0 Å². The minimum Gasteiger partial charge on any atom is -0.341 e. The molecule has 0 fully saturated rings. The predicted octanol–water partition coefficient (Wildman–Crippen LogP) is 3.89. The number of H-pyrrole nitrogens is 1. The average molecular weight is 265 g/mol. The van der Waals surface area contributed by atoms with Crippen LogP contribution in [0.2, 0.25) is 0 Å². The Kier molecular flexibility index (Phi) is 3.28. The summed E-state index contributed by atoms with van der Waals surface area (Å²) in [5.41, 5.74) is 8.28. The highest BCUT2D eigenvalue weighted by atomic mass is 15.0. The van der Waals surface area contributed by atoms with Crippen molar-refractivity contribution < 1.29 is 0 Å². The Hall–Kier alpha value is -2.13. The van der Waals surface area contributed by atoms with E-state index in [4.69, 9.17) is 5.73 Å². The molecule has 3 rings (SSSR count). The second-order valence-electron chi connectivity index (χ2n) is 5.51. The summed E-state index contributed by atoms with van der Waals surface area (Å²) in [6, 6.07) is 14.7. The summed E-state index contributed by atoms with van der Waals surface area (Å²) in [6.07, 6.45) is 1.86. The SMILES string of the molecule is CC(C)C(N)c1ncc(-c2ccc3ccccc3c2)[nH]1. The number of aromatic amines is 1. The van der Waals surface area contributed by atoms with Gasteiger partial charge in [-0.1, -0.05) is 50.2 Å². The average Bonchev–Trinajstić information content (AvgIpc) is 2.95. The molecule has 3 nitrogen and oxygen atoms in total. The number of nitrogens with two attached hydrogens (primary N) is 1. The van der Waals surface area contributed by atoms with E-state index in [1.54, 1.807) is 0 Å². The van der Waals surface area contributed by atoms with Gasteiger partial charge in [0.15, 0.2) is 0 Å². The normalized spacial score (nSPS) is 13.0. The van der Waals surface area contributed by atoms with Gasteiger partial charge < -0.3 is 10.7 Å². The van der Waals surface area contributed by atoms with Crippen LogP contribution >= 0.6 is 0 Å². The molecule has 1 atom stereocenters. The Bertz CT molecular complexity index is 728. The van der Waals surface area contributed by atoms with Gasteiger partial charge in [0.1, 0.15) is 5.82 Å². The number of nitrogens with one attached hydrogen (secondary N) is 1. The van der Waals surface area contributed by atoms with Gasteiger partial charge in [0, 0.05) is 5.56 Å². The predicted molar refractivity (Wildman–Crippen MR) is 83.3 cm³/mol. The molecule has 1 unspecified atom stereocenters. The molecule has 0 aliphatic heterocycles. The van der Waals surface area contributed by atoms with Crippen LogP contribution in [-0.2, 0) is 0 Å².